The SMILES string of the molecule is CCCOc1cccc(C(O)(CCCC(O)(c2ccccc2)N2CCCCC2)c2ccccc2)c1. The lowest BCUT2D eigenvalue weighted by molar-refractivity contribution is -0.132. The smallest absolute Gasteiger partial charge is 0.144 e. The van der Waals surface area contributed by atoms with Crippen LogP contribution in [0, 0.1) is 0 Å². The summed E-state index contributed by atoms with van der Waals surface area (Å²) in [5.41, 5.74) is 0.394. The molecule has 2 N–H and O–H groups in total. The zero-order chi connectivity index (χ0) is 24.6. The molecule has 0 aromatic heterocycles. The van der Waals surface area contributed by atoms with Crippen molar-refractivity contribution in [3.05, 3.63) is 102 Å². The molecule has 4 heteroatoms. The molecule has 3 aromatic carbocycles. The average Bonchev–Trinajstić information content (AvgIpc) is 2.93. The number of likely N-dealkylation sites (tertiary alicyclic amines) is 1. The van der Waals surface area contributed by atoms with Gasteiger partial charge < -0.3 is 14.9 Å². The maximum atomic E-state index is 12.1. The van der Waals surface area contributed by atoms with Crippen LogP contribution >= 0.6 is 0 Å². The van der Waals surface area contributed by atoms with E-state index in [4.69, 9.17) is 4.74 Å². The average molecular weight is 474 g/mol. The third-order valence-corrected chi connectivity index (χ3v) is 7.22. The first-order chi connectivity index (χ1) is 17.1. The number of piperidine rings is 1. The lowest BCUT2D eigenvalue weighted by Crippen LogP contribution is -2.48. The highest BCUT2D eigenvalue weighted by Gasteiger charge is 2.38. The molecule has 3 aromatic rings. The van der Waals surface area contributed by atoms with Gasteiger partial charge in [0.1, 0.15) is 17.1 Å². The van der Waals surface area contributed by atoms with Crippen molar-refractivity contribution in [2.24, 2.45) is 0 Å². The molecule has 0 amide bonds. The van der Waals surface area contributed by atoms with E-state index in [1.54, 1.807) is 0 Å². The molecular formula is C31H39NO3. The monoisotopic (exact) mass is 473 g/mol. The predicted octanol–water partition coefficient (Wildman–Crippen LogP) is 6.21. The number of rotatable bonds is 11. The molecule has 0 bridgehead atoms. The summed E-state index contributed by atoms with van der Waals surface area (Å²) in [6.45, 7) is 4.52. The number of aliphatic hydroxyl groups is 2. The van der Waals surface area contributed by atoms with Gasteiger partial charge >= 0.3 is 0 Å². The van der Waals surface area contributed by atoms with Crippen LogP contribution in [0.25, 0.3) is 0 Å². The summed E-state index contributed by atoms with van der Waals surface area (Å²) in [6, 6.07) is 27.7. The second-order valence-corrected chi connectivity index (χ2v) is 9.69. The van der Waals surface area contributed by atoms with Gasteiger partial charge in [-0.3, -0.25) is 4.90 Å². The molecule has 2 unspecified atom stereocenters. The fraction of sp³-hybridized carbons (Fsp3) is 0.419. The van der Waals surface area contributed by atoms with Gasteiger partial charge in [-0.2, -0.15) is 0 Å². The summed E-state index contributed by atoms with van der Waals surface area (Å²) in [6.07, 6.45) is 6.07. The van der Waals surface area contributed by atoms with Gasteiger partial charge in [-0.15, -0.1) is 0 Å². The molecule has 0 spiro atoms. The van der Waals surface area contributed by atoms with Gasteiger partial charge in [0.2, 0.25) is 0 Å². The van der Waals surface area contributed by atoms with Crippen LogP contribution in [0.2, 0.25) is 0 Å². The zero-order valence-electron chi connectivity index (χ0n) is 20.9. The van der Waals surface area contributed by atoms with Crippen molar-refractivity contribution in [3.63, 3.8) is 0 Å². The van der Waals surface area contributed by atoms with Crippen molar-refractivity contribution >= 4 is 0 Å². The van der Waals surface area contributed by atoms with Crippen molar-refractivity contribution in [3.8, 4) is 5.75 Å². The molecule has 186 valence electrons. The Bertz CT molecular complexity index is 1040. The van der Waals surface area contributed by atoms with E-state index in [9.17, 15) is 10.2 Å². The maximum Gasteiger partial charge on any atom is 0.144 e. The molecule has 0 aliphatic carbocycles. The van der Waals surface area contributed by atoms with E-state index >= 15 is 0 Å². The fourth-order valence-electron chi connectivity index (χ4n) is 5.28. The summed E-state index contributed by atoms with van der Waals surface area (Å²) in [7, 11) is 0. The molecule has 1 saturated heterocycles. The number of ether oxygens (including phenoxy) is 1. The molecule has 4 nitrogen and oxygen atoms in total. The molecule has 0 saturated carbocycles. The summed E-state index contributed by atoms with van der Waals surface area (Å²) >= 11 is 0. The second kappa shape index (κ2) is 11.9. The Morgan fingerprint density at radius 1 is 0.743 bits per heavy atom. The van der Waals surface area contributed by atoms with Gasteiger partial charge in [-0.1, -0.05) is 86.1 Å². The molecular weight excluding hydrogens is 434 g/mol. The first-order valence-corrected chi connectivity index (χ1v) is 13.1. The zero-order valence-corrected chi connectivity index (χ0v) is 20.9. The van der Waals surface area contributed by atoms with Crippen LogP contribution in [0.3, 0.4) is 0 Å². The molecule has 2 atom stereocenters. The number of nitrogens with zero attached hydrogens (tertiary/aromatic N) is 1. The molecule has 0 radical (unpaired) electrons. The highest BCUT2D eigenvalue weighted by atomic mass is 16.5. The minimum absolute atomic E-state index is 0.497. The topological polar surface area (TPSA) is 52.9 Å². The van der Waals surface area contributed by atoms with E-state index in [1.807, 2.05) is 84.9 Å². The van der Waals surface area contributed by atoms with Crippen molar-refractivity contribution in [1.29, 1.82) is 0 Å². The van der Waals surface area contributed by atoms with Crippen LogP contribution in [0.5, 0.6) is 5.75 Å². The van der Waals surface area contributed by atoms with Crippen molar-refractivity contribution < 1.29 is 14.9 Å². The van der Waals surface area contributed by atoms with Crippen LogP contribution < -0.4 is 4.74 Å². The van der Waals surface area contributed by atoms with Gasteiger partial charge in [0.15, 0.2) is 0 Å². The largest absolute Gasteiger partial charge is 0.494 e. The van der Waals surface area contributed by atoms with E-state index in [1.165, 1.54) is 6.42 Å². The standard InChI is InChI=1S/C31H39NO3/c1-2-24-35-29-19-12-18-28(25-29)30(33,26-14-6-3-7-15-26)20-13-21-31(34,27-16-8-4-9-17-27)32-22-10-5-11-23-32/h3-4,6-9,12,14-19,25,33-34H,2,5,10-11,13,20-24H2,1H3. The molecule has 1 aliphatic heterocycles. The van der Waals surface area contributed by atoms with Gasteiger partial charge in [0, 0.05) is 13.1 Å². The normalized spacial score (nSPS) is 17.9. The molecule has 35 heavy (non-hydrogen) atoms. The number of hydrogen-bond acceptors (Lipinski definition) is 4. The fourth-order valence-corrected chi connectivity index (χ4v) is 5.28. The van der Waals surface area contributed by atoms with Gasteiger partial charge in [-0.25, -0.2) is 0 Å². The van der Waals surface area contributed by atoms with Crippen molar-refractivity contribution in [2.45, 2.75) is 63.2 Å². The minimum atomic E-state index is -1.17. The minimum Gasteiger partial charge on any atom is -0.494 e. The van der Waals surface area contributed by atoms with E-state index in [0.29, 0.717) is 25.9 Å². The molecule has 1 heterocycles. The Labute approximate surface area is 210 Å². The van der Waals surface area contributed by atoms with Crippen molar-refractivity contribution in [2.75, 3.05) is 19.7 Å². The Kier molecular flexibility index (Phi) is 8.61. The lowest BCUT2D eigenvalue weighted by Gasteiger charge is -2.43. The quantitative estimate of drug-likeness (QED) is 0.347. The van der Waals surface area contributed by atoms with Crippen LogP contribution in [0.1, 0.15) is 68.6 Å². The van der Waals surface area contributed by atoms with E-state index < -0.39 is 11.3 Å². The van der Waals surface area contributed by atoms with Crippen LogP contribution in [-0.2, 0) is 11.3 Å². The van der Waals surface area contributed by atoms with Crippen LogP contribution in [0.4, 0.5) is 0 Å². The first-order valence-electron chi connectivity index (χ1n) is 13.1. The second-order valence-electron chi connectivity index (χ2n) is 9.69. The first kappa shape index (κ1) is 25.4. The Morgan fingerprint density at radius 3 is 2.03 bits per heavy atom. The Hall–Kier alpha value is -2.66. The highest BCUT2D eigenvalue weighted by Crippen LogP contribution is 2.39. The maximum absolute atomic E-state index is 12.1. The Balaban J connectivity index is 1.60. The summed E-state index contributed by atoms with van der Waals surface area (Å²) in [5.74, 6) is 0.771. The van der Waals surface area contributed by atoms with E-state index in [0.717, 1.165) is 54.8 Å². The number of benzene rings is 3. The molecule has 1 aliphatic rings. The summed E-state index contributed by atoms with van der Waals surface area (Å²) < 4.78 is 5.86. The Morgan fingerprint density at radius 2 is 1.37 bits per heavy atom. The van der Waals surface area contributed by atoms with Gasteiger partial charge in [0.05, 0.1) is 6.61 Å². The van der Waals surface area contributed by atoms with Crippen LogP contribution in [-0.4, -0.2) is 34.8 Å². The highest BCUT2D eigenvalue weighted by molar-refractivity contribution is 5.40. The van der Waals surface area contributed by atoms with Crippen LogP contribution in [0.15, 0.2) is 84.9 Å². The van der Waals surface area contributed by atoms with E-state index in [-0.39, 0.29) is 0 Å². The third-order valence-electron chi connectivity index (χ3n) is 7.22. The summed E-state index contributed by atoms with van der Waals surface area (Å²) in [4.78, 5) is 2.23. The summed E-state index contributed by atoms with van der Waals surface area (Å²) in [5, 5.41) is 24.1. The number of hydrogen-bond donors (Lipinski definition) is 2. The molecule has 1 fully saturated rings. The molecule has 4 rings (SSSR count). The van der Waals surface area contributed by atoms with E-state index in [2.05, 4.69) is 11.8 Å². The van der Waals surface area contributed by atoms with Gasteiger partial charge in [-0.05, 0) is 67.3 Å². The predicted molar refractivity (Wildman–Crippen MR) is 141 cm³/mol. The lowest BCUT2D eigenvalue weighted by atomic mass is 9.81. The third kappa shape index (κ3) is 5.95. The van der Waals surface area contributed by atoms with Gasteiger partial charge in [0.25, 0.3) is 0 Å². The van der Waals surface area contributed by atoms with Crippen molar-refractivity contribution in [1.82, 2.24) is 4.90 Å².